The van der Waals surface area contributed by atoms with Crippen LogP contribution in [0.1, 0.15) is 95.5 Å². The molecule has 38 heavy (non-hydrogen) atoms. The lowest BCUT2D eigenvalue weighted by atomic mass is 9.92. The Labute approximate surface area is 234 Å². The zero-order valence-electron chi connectivity index (χ0n) is 24.2. The second kappa shape index (κ2) is 16.3. The number of aryl methyl sites for hydroxylation is 1. The Balaban J connectivity index is 0.000000358. The number of aromatic amines is 1. The molecule has 0 bridgehead atoms. The van der Waals surface area contributed by atoms with Crippen LogP contribution in [0.25, 0.3) is 10.9 Å². The number of H-pyrrole nitrogens is 1. The van der Waals surface area contributed by atoms with Gasteiger partial charge in [0.05, 0.1) is 5.02 Å². The molecule has 2 N–H and O–H groups in total. The zero-order valence-corrected chi connectivity index (χ0v) is 25.0. The Bertz CT molecular complexity index is 1240. The molecule has 2 aromatic carbocycles. The third kappa shape index (κ3) is 8.96. The molecule has 0 fully saturated rings. The van der Waals surface area contributed by atoms with Gasteiger partial charge in [-0.2, -0.15) is 0 Å². The molecule has 3 aromatic rings. The lowest BCUT2D eigenvalue weighted by Crippen LogP contribution is -2.05. The van der Waals surface area contributed by atoms with Crippen LogP contribution in [0.5, 0.6) is 0 Å². The molecular weight excluding hydrogens is 493 g/mol. The van der Waals surface area contributed by atoms with E-state index in [-0.39, 0.29) is 16.8 Å². The van der Waals surface area contributed by atoms with Gasteiger partial charge >= 0.3 is 0 Å². The van der Waals surface area contributed by atoms with E-state index in [1.807, 2.05) is 27.1 Å². The molecule has 3 rings (SSSR count). The van der Waals surface area contributed by atoms with Crippen LogP contribution in [0.2, 0.25) is 5.02 Å². The number of unbranched alkanes of at least 4 members (excludes halogenated alkanes) is 1. The summed E-state index contributed by atoms with van der Waals surface area (Å²) < 4.78 is 13.9. The molecule has 1 unspecified atom stereocenters. The first-order chi connectivity index (χ1) is 18.3. The molecular formula is C33H45ClFN3. The van der Waals surface area contributed by atoms with Gasteiger partial charge in [-0.05, 0) is 81.0 Å². The first-order valence-corrected chi connectivity index (χ1v) is 14.3. The number of aliphatic imine (C=N–C) groups is 1. The summed E-state index contributed by atoms with van der Waals surface area (Å²) in [6, 6.07) is 12.0. The lowest BCUT2D eigenvalue weighted by molar-refractivity contribution is 0.630. The normalized spacial score (nSPS) is 13.2. The highest BCUT2D eigenvalue weighted by molar-refractivity contribution is 6.31. The molecule has 5 heteroatoms. The largest absolute Gasteiger partial charge is 0.358 e. The number of hydrogen-bond acceptors (Lipinski definition) is 2. The molecule has 1 aromatic heterocycles. The number of allylic oxidation sites excluding steroid dienone is 4. The van der Waals surface area contributed by atoms with Gasteiger partial charge in [0.15, 0.2) is 0 Å². The van der Waals surface area contributed by atoms with Gasteiger partial charge in [0.2, 0.25) is 0 Å². The van der Waals surface area contributed by atoms with Crippen molar-refractivity contribution < 1.29 is 4.39 Å². The van der Waals surface area contributed by atoms with E-state index >= 15 is 0 Å². The van der Waals surface area contributed by atoms with E-state index in [1.54, 1.807) is 6.07 Å². The molecule has 0 aliphatic heterocycles. The van der Waals surface area contributed by atoms with Crippen LogP contribution in [0.3, 0.4) is 0 Å². The fraction of sp³-hybridized carbons (Fsp3) is 0.424. The van der Waals surface area contributed by atoms with Gasteiger partial charge in [-0.15, -0.1) is 0 Å². The molecule has 0 saturated carbocycles. The molecule has 0 spiro atoms. The second-order valence-corrected chi connectivity index (χ2v) is 10.1. The minimum Gasteiger partial charge on any atom is -0.358 e. The standard InChI is InChI=1S/C22H26ClFN2.C11H19N/c1-4-5-6-17-18-11-19(23)20(24)12-21(18)26-22(17)14(2)16-9-7-15(8-10-16)13-25-3;1-5-8-10(4)12-9-11(6-2)7-3/h7-12,14,25-26H,4-6,13H2,1-3H3;6,8-9H,5,7H2,1-4H3/b;10-8+,11-6-,12-9+. The number of halogens is 2. The van der Waals surface area contributed by atoms with Crippen molar-refractivity contribution >= 4 is 28.7 Å². The van der Waals surface area contributed by atoms with Crippen molar-refractivity contribution in [2.75, 3.05) is 7.05 Å². The fourth-order valence-electron chi connectivity index (χ4n) is 4.46. The Morgan fingerprint density at radius 2 is 1.87 bits per heavy atom. The first kappa shape index (κ1) is 31.5. The third-order valence-corrected chi connectivity index (χ3v) is 7.06. The van der Waals surface area contributed by atoms with Crippen LogP contribution < -0.4 is 5.32 Å². The number of rotatable bonds is 11. The SMILES string of the molecule is CCCCc1c(C(C)c2ccc(CNC)cc2)[nH]c2cc(F)c(Cl)cc12.C\C=C(/C=N/C(C)=C/CC)CC. The van der Waals surface area contributed by atoms with E-state index < -0.39 is 0 Å². The van der Waals surface area contributed by atoms with Crippen molar-refractivity contribution in [3.8, 4) is 0 Å². The highest BCUT2D eigenvalue weighted by Crippen LogP contribution is 2.35. The molecule has 3 nitrogen and oxygen atoms in total. The monoisotopic (exact) mass is 537 g/mol. The average Bonchev–Trinajstić information content (AvgIpc) is 3.26. The number of nitrogens with one attached hydrogen (secondary N) is 2. The number of aromatic nitrogens is 1. The van der Waals surface area contributed by atoms with Crippen LogP contribution >= 0.6 is 11.6 Å². The highest BCUT2D eigenvalue weighted by atomic mass is 35.5. The lowest BCUT2D eigenvalue weighted by Gasteiger charge is -2.14. The molecule has 0 saturated heterocycles. The van der Waals surface area contributed by atoms with Crippen molar-refractivity contribution in [3.63, 3.8) is 0 Å². The average molecular weight is 538 g/mol. The molecule has 0 aliphatic carbocycles. The van der Waals surface area contributed by atoms with Gasteiger partial charge < -0.3 is 10.3 Å². The summed E-state index contributed by atoms with van der Waals surface area (Å²) in [5.74, 6) is -0.169. The second-order valence-electron chi connectivity index (χ2n) is 9.66. The predicted octanol–water partition coefficient (Wildman–Crippen LogP) is 9.90. The van der Waals surface area contributed by atoms with E-state index in [0.717, 1.165) is 60.9 Å². The van der Waals surface area contributed by atoms with Crippen molar-refractivity contribution in [1.82, 2.24) is 10.3 Å². The van der Waals surface area contributed by atoms with E-state index in [1.165, 1.54) is 28.3 Å². The number of hydrogen-bond donors (Lipinski definition) is 2. The number of benzene rings is 2. The maximum atomic E-state index is 13.9. The van der Waals surface area contributed by atoms with E-state index in [0.29, 0.717) is 0 Å². The molecule has 1 heterocycles. The maximum Gasteiger partial charge on any atom is 0.143 e. The van der Waals surface area contributed by atoms with Gasteiger partial charge in [0.1, 0.15) is 5.82 Å². The quantitative estimate of drug-likeness (QED) is 0.235. The minimum atomic E-state index is -0.377. The smallest absolute Gasteiger partial charge is 0.143 e. The van der Waals surface area contributed by atoms with Crippen molar-refractivity contribution in [3.05, 3.63) is 93.0 Å². The van der Waals surface area contributed by atoms with Crippen molar-refractivity contribution in [2.45, 2.75) is 86.1 Å². The first-order valence-electron chi connectivity index (χ1n) is 13.9. The summed E-state index contributed by atoms with van der Waals surface area (Å²) in [6.45, 7) is 13.6. The van der Waals surface area contributed by atoms with Gasteiger partial charge in [0, 0.05) is 41.0 Å². The molecule has 1 atom stereocenters. The summed E-state index contributed by atoms with van der Waals surface area (Å²) in [4.78, 5) is 7.79. The zero-order chi connectivity index (χ0) is 28.1. The Hall–Kier alpha value is -2.69. The van der Waals surface area contributed by atoms with Crippen LogP contribution in [0.15, 0.2) is 64.8 Å². The summed E-state index contributed by atoms with van der Waals surface area (Å²) in [5, 5.41) is 4.40. The van der Waals surface area contributed by atoms with E-state index in [4.69, 9.17) is 11.6 Å². The van der Waals surface area contributed by atoms with Gasteiger partial charge in [-0.25, -0.2) is 4.39 Å². The number of fused-ring (bicyclic) bond motifs is 1. The van der Waals surface area contributed by atoms with Gasteiger partial charge in [-0.1, -0.05) is 82.1 Å². The molecule has 0 amide bonds. The molecule has 0 aliphatic rings. The van der Waals surface area contributed by atoms with E-state index in [9.17, 15) is 4.39 Å². The third-order valence-electron chi connectivity index (χ3n) is 6.77. The fourth-order valence-corrected chi connectivity index (χ4v) is 4.62. The molecule has 0 radical (unpaired) electrons. The predicted molar refractivity (Wildman–Crippen MR) is 165 cm³/mol. The summed E-state index contributed by atoms with van der Waals surface area (Å²) in [7, 11) is 1.95. The van der Waals surface area contributed by atoms with Gasteiger partial charge in [-0.3, -0.25) is 4.99 Å². The Morgan fingerprint density at radius 1 is 1.16 bits per heavy atom. The van der Waals surface area contributed by atoms with Crippen LogP contribution in [0.4, 0.5) is 4.39 Å². The minimum absolute atomic E-state index is 0.185. The van der Waals surface area contributed by atoms with Crippen molar-refractivity contribution in [1.29, 1.82) is 0 Å². The van der Waals surface area contributed by atoms with Crippen LogP contribution in [0, 0.1) is 5.82 Å². The topological polar surface area (TPSA) is 40.2 Å². The Kier molecular flexibility index (Phi) is 13.5. The van der Waals surface area contributed by atoms with Crippen LogP contribution in [-0.2, 0) is 13.0 Å². The highest BCUT2D eigenvalue weighted by Gasteiger charge is 2.19. The van der Waals surface area contributed by atoms with Crippen molar-refractivity contribution in [2.24, 2.45) is 4.99 Å². The molecule has 206 valence electrons. The van der Waals surface area contributed by atoms with Gasteiger partial charge in [0.25, 0.3) is 0 Å². The summed E-state index contributed by atoms with van der Waals surface area (Å²) >= 11 is 6.05. The van der Waals surface area contributed by atoms with E-state index in [2.05, 4.69) is 79.4 Å². The Morgan fingerprint density at radius 3 is 2.45 bits per heavy atom. The summed E-state index contributed by atoms with van der Waals surface area (Å²) in [5.41, 5.74) is 8.16. The number of nitrogens with zero attached hydrogens (tertiary/aromatic N) is 1. The van der Waals surface area contributed by atoms with Crippen LogP contribution in [-0.4, -0.2) is 18.2 Å². The summed E-state index contributed by atoms with van der Waals surface area (Å²) in [6.07, 6.45) is 11.5. The maximum absolute atomic E-state index is 13.9.